The van der Waals surface area contributed by atoms with E-state index in [1.165, 1.54) is 0 Å². The van der Waals surface area contributed by atoms with E-state index in [0.717, 1.165) is 11.1 Å². The Kier molecular flexibility index (Phi) is 5.46. The van der Waals surface area contributed by atoms with Crippen LogP contribution in [0.2, 0.25) is 0 Å². The van der Waals surface area contributed by atoms with Gasteiger partial charge >= 0.3 is 0 Å². The van der Waals surface area contributed by atoms with Crippen molar-refractivity contribution < 1.29 is 14.3 Å². The molecule has 1 aromatic rings. The van der Waals surface area contributed by atoms with Crippen molar-refractivity contribution in [3.63, 3.8) is 0 Å². The van der Waals surface area contributed by atoms with Gasteiger partial charge in [-0.1, -0.05) is 31.2 Å². The highest BCUT2D eigenvalue weighted by atomic mass is 16.5. The van der Waals surface area contributed by atoms with Gasteiger partial charge in [-0.2, -0.15) is 0 Å². The van der Waals surface area contributed by atoms with E-state index in [1.54, 1.807) is 21.0 Å². The minimum atomic E-state index is -1.03. The average Bonchev–Trinajstić information content (AvgIpc) is 2.46. The number of rotatable bonds is 7. The molecule has 0 heterocycles. The van der Waals surface area contributed by atoms with Crippen molar-refractivity contribution in [2.45, 2.75) is 46.6 Å². The molecule has 0 N–H and O–H groups in total. The fourth-order valence-electron chi connectivity index (χ4n) is 2.27. The Morgan fingerprint density at radius 3 is 2.14 bits per heavy atom. The van der Waals surface area contributed by atoms with Crippen LogP contribution >= 0.6 is 0 Å². The van der Waals surface area contributed by atoms with E-state index in [4.69, 9.17) is 4.74 Å². The summed E-state index contributed by atoms with van der Waals surface area (Å²) in [6.07, 6.45) is 2.45. The fraction of sp³-hybridized carbons (Fsp3) is 0.556. The van der Waals surface area contributed by atoms with Crippen LogP contribution in [-0.4, -0.2) is 19.2 Å². The molecule has 0 saturated heterocycles. The molecule has 21 heavy (non-hydrogen) atoms. The number of benzene rings is 1. The summed E-state index contributed by atoms with van der Waals surface area (Å²) in [4.78, 5) is 23.0. The summed E-state index contributed by atoms with van der Waals surface area (Å²) >= 11 is 0. The molecule has 0 saturated carbocycles. The highest BCUT2D eigenvalue weighted by Crippen LogP contribution is 2.25. The van der Waals surface area contributed by atoms with Crippen molar-refractivity contribution in [1.82, 2.24) is 0 Å². The molecular weight excluding hydrogens is 264 g/mol. The predicted octanol–water partition coefficient (Wildman–Crippen LogP) is 3.45. The van der Waals surface area contributed by atoms with Crippen LogP contribution in [0.1, 0.15) is 45.7 Å². The number of carbonyl (C=O) groups is 1. The first-order valence-electron chi connectivity index (χ1n) is 7.22. The van der Waals surface area contributed by atoms with Gasteiger partial charge in [0.05, 0.1) is 11.0 Å². The van der Waals surface area contributed by atoms with Crippen molar-refractivity contribution >= 4 is 12.1 Å². The van der Waals surface area contributed by atoms with Crippen molar-refractivity contribution in [3.05, 3.63) is 35.4 Å². The van der Waals surface area contributed by atoms with Gasteiger partial charge in [-0.3, -0.25) is 9.59 Å². The van der Waals surface area contributed by atoms with Gasteiger partial charge in [0, 0.05) is 13.0 Å². The van der Waals surface area contributed by atoms with Gasteiger partial charge in [0.2, 0.25) is 6.29 Å². The molecule has 1 radical (unpaired) electrons. The summed E-state index contributed by atoms with van der Waals surface area (Å²) in [5.41, 5.74) is 0.814. The molecule has 115 valence electrons. The normalized spacial score (nSPS) is 13.8. The minimum absolute atomic E-state index is 0.0706. The first-order valence-corrected chi connectivity index (χ1v) is 7.22. The largest absolute Gasteiger partial charge is 0.374 e. The summed E-state index contributed by atoms with van der Waals surface area (Å²) in [6, 6.07) is 8.06. The van der Waals surface area contributed by atoms with Gasteiger partial charge in [-0.05, 0) is 45.2 Å². The first-order chi connectivity index (χ1) is 9.64. The van der Waals surface area contributed by atoms with E-state index in [2.05, 4.69) is 0 Å². The van der Waals surface area contributed by atoms with Crippen molar-refractivity contribution in [2.24, 2.45) is 11.3 Å². The van der Waals surface area contributed by atoms with E-state index in [0.29, 0.717) is 6.42 Å². The van der Waals surface area contributed by atoms with E-state index in [9.17, 15) is 9.59 Å². The maximum atomic E-state index is 12.2. The van der Waals surface area contributed by atoms with Gasteiger partial charge in [0.1, 0.15) is 5.78 Å². The molecule has 1 rings (SSSR count). The van der Waals surface area contributed by atoms with E-state index < -0.39 is 5.41 Å². The Morgan fingerprint density at radius 2 is 1.71 bits per heavy atom. The third-order valence-electron chi connectivity index (χ3n) is 4.02. The first kappa shape index (κ1) is 17.6. The van der Waals surface area contributed by atoms with E-state index in [-0.39, 0.29) is 17.3 Å². The lowest BCUT2D eigenvalue weighted by molar-refractivity contribution is -0.127. The molecular formula is C18H25O3. The van der Waals surface area contributed by atoms with Gasteiger partial charge in [0.25, 0.3) is 0 Å². The van der Waals surface area contributed by atoms with Crippen LogP contribution in [0.4, 0.5) is 0 Å². The van der Waals surface area contributed by atoms with Crippen LogP contribution in [0.25, 0.3) is 0 Å². The van der Waals surface area contributed by atoms with Crippen molar-refractivity contribution in [3.8, 4) is 0 Å². The second-order valence-corrected chi connectivity index (χ2v) is 6.61. The number of Topliss-reactive ketones (excluding diaryl/α,β-unsaturated/α-hetero) is 1. The molecule has 0 aliphatic heterocycles. The minimum Gasteiger partial charge on any atom is -0.374 e. The number of carbonyl (C=O) groups excluding carboxylic acids is 2. The molecule has 3 heteroatoms. The molecule has 0 aliphatic rings. The Labute approximate surface area is 127 Å². The zero-order valence-electron chi connectivity index (χ0n) is 13.8. The third-order valence-corrected chi connectivity index (χ3v) is 4.02. The molecule has 1 unspecified atom stereocenters. The molecule has 0 spiro atoms. The Hall–Kier alpha value is -1.48. The van der Waals surface area contributed by atoms with Crippen LogP contribution in [0.5, 0.6) is 0 Å². The summed E-state index contributed by atoms with van der Waals surface area (Å²) in [5.74, 6) is -0.276. The zero-order chi connectivity index (χ0) is 16.3. The maximum absolute atomic E-state index is 12.2. The summed E-state index contributed by atoms with van der Waals surface area (Å²) in [7, 11) is 1.69. The Morgan fingerprint density at radius 1 is 1.19 bits per heavy atom. The van der Waals surface area contributed by atoms with Gasteiger partial charge in [-0.15, -0.1) is 0 Å². The monoisotopic (exact) mass is 289 g/mol. The highest BCUT2D eigenvalue weighted by molar-refractivity contribution is 5.98. The maximum Gasteiger partial charge on any atom is 0.212 e. The SMILES string of the molecule is COC(C)(C)c1ccc(CC(C)C(=O)C(C)(C)[C]=O)cc1. The second-order valence-electron chi connectivity index (χ2n) is 6.61. The number of ketones is 1. The Bertz CT molecular complexity index is 498. The topological polar surface area (TPSA) is 43.4 Å². The molecule has 1 atom stereocenters. The Balaban J connectivity index is 2.81. The van der Waals surface area contributed by atoms with Crippen LogP contribution < -0.4 is 0 Å². The summed E-state index contributed by atoms with van der Waals surface area (Å²) < 4.78 is 5.45. The second kappa shape index (κ2) is 6.52. The number of hydrogen-bond acceptors (Lipinski definition) is 3. The highest BCUT2D eigenvalue weighted by Gasteiger charge is 2.32. The average molecular weight is 289 g/mol. The van der Waals surface area contributed by atoms with Gasteiger partial charge in [-0.25, -0.2) is 0 Å². The van der Waals surface area contributed by atoms with Crippen LogP contribution in [0, 0.1) is 11.3 Å². The molecule has 0 aromatic heterocycles. The number of ether oxygens (including phenoxy) is 1. The van der Waals surface area contributed by atoms with Gasteiger partial charge < -0.3 is 4.74 Å². The third kappa shape index (κ3) is 4.24. The lowest BCUT2D eigenvalue weighted by Crippen LogP contribution is -2.31. The van der Waals surface area contributed by atoms with E-state index in [1.807, 2.05) is 51.3 Å². The van der Waals surface area contributed by atoms with Crippen molar-refractivity contribution in [2.75, 3.05) is 7.11 Å². The molecule has 1 aromatic carbocycles. The number of hydrogen-bond donors (Lipinski definition) is 0. The molecule has 0 amide bonds. The fourth-order valence-corrected chi connectivity index (χ4v) is 2.27. The van der Waals surface area contributed by atoms with Crippen LogP contribution in [0.15, 0.2) is 24.3 Å². The number of methoxy groups -OCH3 is 1. The smallest absolute Gasteiger partial charge is 0.212 e. The lowest BCUT2D eigenvalue weighted by atomic mass is 9.81. The summed E-state index contributed by atoms with van der Waals surface area (Å²) in [6.45, 7) is 9.10. The van der Waals surface area contributed by atoms with E-state index >= 15 is 0 Å². The van der Waals surface area contributed by atoms with Gasteiger partial charge in [0.15, 0.2) is 0 Å². The van der Waals surface area contributed by atoms with Crippen LogP contribution in [-0.2, 0) is 26.3 Å². The lowest BCUT2D eigenvalue weighted by Gasteiger charge is -2.24. The standard InChI is InChI=1S/C18H25O3/c1-13(16(20)17(2,3)12-19)11-14-7-9-15(10-8-14)18(4,5)21-6/h7-10,13H,11H2,1-6H3. The van der Waals surface area contributed by atoms with Crippen molar-refractivity contribution in [1.29, 1.82) is 0 Å². The summed E-state index contributed by atoms with van der Waals surface area (Å²) in [5, 5.41) is 0. The zero-order valence-corrected chi connectivity index (χ0v) is 13.8. The molecule has 3 nitrogen and oxygen atoms in total. The molecule has 0 bridgehead atoms. The predicted molar refractivity (Wildman–Crippen MR) is 83.8 cm³/mol. The quantitative estimate of drug-likeness (QED) is 0.722. The van der Waals surface area contributed by atoms with Crippen LogP contribution in [0.3, 0.4) is 0 Å². The molecule has 0 aliphatic carbocycles. The molecule has 0 fully saturated rings.